The van der Waals surface area contributed by atoms with Crippen molar-refractivity contribution in [2.45, 2.75) is 38.0 Å². The summed E-state index contributed by atoms with van der Waals surface area (Å²) >= 11 is 0. The van der Waals surface area contributed by atoms with Gasteiger partial charge in [0.05, 0.1) is 4.90 Å². The van der Waals surface area contributed by atoms with Crippen LogP contribution < -0.4 is 4.72 Å². The highest BCUT2D eigenvalue weighted by atomic mass is 32.2. The van der Waals surface area contributed by atoms with Crippen molar-refractivity contribution in [3.05, 3.63) is 29.8 Å². The van der Waals surface area contributed by atoms with Crippen LogP contribution in [0.5, 0.6) is 0 Å². The standard InChI is InChI=1S/C16H24N2O3S/c1-3-10-17-22(20,21)15-8-6-14(7-9-15)16(19)18-11-4-5-13(2)12-18/h6-9,13,17H,3-5,10-12H2,1-2H3. The summed E-state index contributed by atoms with van der Waals surface area (Å²) in [6.07, 6.45) is 2.92. The molecule has 22 heavy (non-hydrogen) atoms. The smallest absolute Gasteiger partial charge is 0.253 e. The third-order valence-corrected chi connectivity index (χ3v) is 5.37. The second-order valence-electron chi connectivity index (χ2n) is 5.92. The number of nitrogens with one attached hydrogen (secondary N) is 1. The van der Waals surface area contributed by atoms with Crippen molar-refractivity contribution in [3.8, 4) is 0 Å². The first-order chi connectivity index (χ1) is 10.4. The largest absolute Gasteiger partial charge is 0.338 e. The lowest BCUT2D eigenvalue weighted by molar-refractivity contribution is 0.0683. The molecule has 0 saturated carbocycles. The molecule has 1 aliphatic heterocycles. The van der Waals surface area contributed by atoms with E-state index >= 15 is 0 Å². The second kappa shape index (κ2) is 7.24. The minimum absolute atomic E-state index is 0.0167. The first-order valence-electron chi connectivity index (χ1n) is 7.83. The highest BCUT2D eigenvalue weighted by Crippen LogP contribution is 2.19. The molecule has 0 aliphatic carbocycles. The first-order valence-corrected chi connectivity index (χ1v) is 9.31. The van der Waals surface area contributed by atoms with Gasteiger partial charge in [-0.1, -0.05) is 13.8 Å². The molecule has 1 fully saturated rings. The van der Waals surface area contributed by atoms with Gasteiger partial charge in [0.2, 0.25) is 10.0 Å². The summed E-state index contributed by atoms with van der Waals surface area (Å²) in [4.78, 5) is 14.5. The quantitative estimate of drug-likeness (QED) is 0.903. The molecule has 1 aromatic rings. The van der Waals surface area contributed by atoms with Crippen molar-refractivity contribution < 1.29 is 13.2 Å². The predicted octanol–water partition coefficient (Wildman–Crippen LogP) is 2.25. The van der Waals surface area contributed by atoms with Crippen LogP contribution in [0.2, 0.25) is 0 Å². The fourth-order valence-electron chi connectivity index (χ4n) is 2.65. The number of rotatable bonds is 5. The average molecular weight is 324 g/mol. The van der Waals surface area contributed by atoms with Gasteiger partial charge in [-0.05, 0) is 49.4 Å². The van der Waals surface area contributed by atoms with E-state index in [9.17, 15) is 13.2 Å². The number of likely N-dealkylation sites (tertiary alicyclic amines) is 1. The third kappa shape index (κ3) is 4.08. The van der Waals surface area contributed by atoms with E-state index < -0.39 is 10.0 Å². The van der Waals surface area contributed by atoms with E-state index in [0.717, 1.165) is 32.4 Å². The van der Waals surface area contributed by atoms with Gasteiger partial charge in [0.1, 0.15) is 0 Å². The summed E-state index contributed by atoms with van der Waals surface area (Å²) in [5.41, 5.74) is 0.545. The van der Waals surface area contributed by atoms with Crippen LogP contribution in [0.4, 0.5) is 0 Å². The maximum Gasteiger partial charge on any atom is 0.253 e. The van der Waals surface area contributed by atoms with Crippen molar-refractivity contribution in [2.24, 2.45) is 5.92 Å². The molecule has 0 spiro atoms. The fraction of sp³-hybridized carbons (Fsp3) is 0.562. The van der Waals surface area contributed by atoms with Crippen LogP contribution in [0.3, 0.4) is 0 Å². The molecule has 0 aromatic heterocycles. The number of amides is 1. The zero-order chi connectivity index (χ0) is 16.2. The van der Waals surface area contributed by atoms with Gasteiger partial charge in [-0.3, -0.25) is 4.79 Å². The van der Waals surface area contributed by atoms with Gasteiger partial charge in [0.15, 0.2) is 0 Å². The van der Waals surface area contributed by atoms with Crippen LogP contribution in [0.1, 0.15) is 43.5 Å². The maximum absolute atomic E-state index is 12.4. The average Bonchev–Trinajstić information content (AvgIpc) is 2.52. The van der Waals surface area contributed by atoms with E-state index in [2.05, 4.69) is 11.6 Å². The number of benzene rings is 1. The highest BCUT2D eigenvalue weighted by Gasteiger charge is 2.22. The number of carbonyl (C=O) groups excluding carboxylic acids is 1. The van der Waals surface area contributed by atoms with Crippen LogP contribution >= 0.6 is 0 Å². The fourth-order valence-corrected chi connectivity index (χ4v) is 3.79. The van der Waals surface area contributed by atoms with Crippen LogP contribution in [-0.4, -0.2) is 38.9 Å². The van der Waals surface area contributed by atoms with Crippen LogP contribution in [0, 0.1) is 5.92 Å². The van der Waals surface area contributed by atoms with Crippen molar-refractivity contribution >= 4 is 15.9 Å². The van der Waals surface area contributed by atoms with Crippen LogP contribution in [0.15, 0.2) is 29.2 Å². The Kier molecular flexibility index (Phi) is 5.58. The summed E-state index contributed by atoms with van der Waals surface area (Å²) < 4.78 is 26.5. The minimum atomic E-state index is -3.47. The first kappa shape index (κ1) is 17.0. The second-order valence-corrected chi connectivity index (χ2v) is 7.69. The Labute approximate surface area is 132 Å². The monoisotopic (exact) mass is 324 g/mol. The molecule has 1 aliphatic rings. The van der Waals surface area contributed by atoms with Gasteiger partial charge in [-0.2, -0.15) is 0 Å². The Hall–Kier alpha value is -1.40. The zero-order valence-corrected chi connectivity index (χ0v) is 14.0. The molecule has 5 nitrogen and oxygen atoms in total. The predicted molar refractivity (Wildman–Crippen MR) is 86.2 cm³/mol. The zero-order valence-electron chi connectivity index (χ0n) is 13.2. The summed E-state index contributed by atoms with van der Waals surface area (Å²) in [6.45, 7) is 6.02. The van der Waals surface area contributed by atoms with E-state index in [1.807, 2.05) is 11.8 Å². The Morgan fingerprint density at radius 2 is 2.00 bits per heavy atom. The SMILES string of the molecule is CCCNS(=O)(=O)c1ccc(C(=O)N2CCCC(C)C2)cc1. The van der Waals surface area contributed by atoms with Gasteiger partial charge in [0.25, 0.3) is 5.91 Å². The summed E-state index contributed by atoms with van der Waals surface area (Å²) in [7, 11) is -3.47. The molecule has 122 valence electrons. The van der Waals surface area contributed by atoms with Gasteiger partial charge in [-0.25, -0.2) is 13.1 Å². The number of carbonyl (C=O) groups is 1. The number of hydrogen-bond acceptors (Lipinski definition) is 3. The van der Waals surface area contributed by atoms with E-state index in [0.29, 0.717) is 18.0 Å². The van der Waals surface area contributed by atoms with Crippen molar-refractivity contribution in [1.29, 1.82) is 0 Å². The Morgan fingerprint density at radius 3 is 2.59 bits per heavy atom. The molecule has 1 atom stereocenters. The third-order valence-electron chi connectivity index (χ3n) is 3.90. The van der Waals surface area contributed by atoms with Gasteiger partial charge < -0.3 is 4.90 Å². The minimum Gasteiger partial charge on any atom is -0.338 e. The molecule has 6 heteroatoms. The Bertz CT molecular complexity index is 611. The number of nitrogens with zero attached hydrogens (tertiary/aromatic N) is 1. The molecule has 2 rings (SSSR count). The molecule has 1 unspecified atom stereocenters. The molecule has 1 aromatic carbocycles. The molecular formula is C16H24N2O3S. The van der Waals surface area contributed by atoms with Crippen molar-refractivity contribution in [2.75, 3.05) is 19.6 Å². The van der Waals surface area contributed by atoms with E-state index in [1.54, 1.807) is 12.1 Å². The van der Waals surface area contributed by atoms with Gasteiger partial charge in [0, 0.05) is 25.2 Å². The van der Waals surface area contributed by atoms with Crippen molar-refractivity contribution in [1.82, 2.24) is 9.62 Å². The molecule has 0 bridgehead atoms. The van der Waals surface area contributed by atoms with E-state index in [4.69, 9.17) is 0 Å². The van der Waals surface area contributed by atoms with Crippen molar-refractivity contribution in [3.63, 3.8) is 0 Å². The molecule has 1 saturated heterocycles. The Balaban J connectivity index is 2.10. The molecule has 1 N–H and O–H groups in total. The molecule has 1 heterocycles. The highest BCUT2D eigenvalue weighted by molar-refractivity contribution is 7.89. The summed E-state index contributed by atoms with van der Waals surface area (Å²) in [5, 5.41) is 0. The molecule has 1 amide bonds. The van der Waals surface area contributed by atoms with Crippen LogP contribution in [-0.2, 0) is 10.0 Å². The van der Waals surface area contributed by atoms with Gasteiger partial charge >= 0.3 is 0 Å². The maximum atomic E-state index is 12.4. The summed E-state index contributed by atoms with van der Waals surface area (Å²) in [5.74, 6) is 0.507. The number of piperidine rings is 1. The number of sulfonamides is 1. The van der Waals surface area contributed by atoms with E-state index in [1.165, 1.54) is 12.1 Å². The van der Waals surface area contributed by atoms with Crippen LogP contribution in [0.25, 0.3) is 0 Å². The van der Waals surface area contributed by atoms with E-state index in [-0.39, 0.29) is 10.8 Å². The summed E-state index contributed by atoms with van der Waals surface area (Å²) in [6, 6.07) is 6.20. The normalized spacial score (nSPS) is 19.2. The van der Waals surface area contributed by atoms with Gasteiger partial charge in [-0.15, -0.1) is 0 Å². The molecule has 0 radical (unpaired) electrons. The Morgan fingerprint density at radius 1 is 1.32 bits per heavy atom. The lowest BCUT2D eigenvalue weighted by Crippen LogP contribution is -2.39. The topological polar surface area (TPSA) is 66.5 Å². The number of hydrogen-bond donors (Lipinski definition) is 1. The lowest BCUT2D eigenvalue weighted by atomic mass is 9.99. The lowest BCUT2D eigenvalue weighted by Gasteiger charge is -2.31. The molecular weight excluding hydrogens is 300 g/mol.